The van der Waals surface area contributed by atoms with Gasteiger partial charge >= 0.3 is 5.97 Å². The van der Waals surface area contributed by atoms with Crippen LogP contribution >= 0.6 is 11.6 Å². The van der Waals surface area contributed by atoms with Gasteiger partial charge in [-0.05, 0) is 6.92 Å². The van der Waals surface area contributed by atoms with Gasteiger partial charge in [-0.1, -0.05) is 0 Å². The number of halogens is 3. The molecule has 0 bridgehead atoms. The number of hydrogen-bond acceptors (Lipinski definition) is 4. The van der Waals surface area contributed by atoms with Crippen molar-refractivity contribution in [1.29, 1.82) is 0 Å². The van der Waals surface area contributed by atoms with Crippen LogP contribution in [0, 0.1) is 0 Å². The summed E-state index contributed by atoms with van der Waals surface area (Å²) in [7, 11) is 0. The van der Waals surface area contributed by atoms with Crippen molar-refractivity contribution in [3.8, 4) is 5.75 Å². The standard InChI is InChI=1S/C10H10ClF2NO3/c1-2-17-10(16)8-7(9(12)13)5(3-11)6(15)4-14-8/h4,9,15H,2-3H2,1H3. The molecule has 0 radical (unpaired) electrons. The van der Waals surface area contributed by atoms with Crippen molar-refractivity contribution >= 4 is 17.6 Å². The largest absolute Gasteiger partial charge is 0.506 e. The zero-order chi connectivity index (χ0) is 13.0. The van der Waals surface area contributed by atoms with E-state index in [-0.39, 0.29) is 18.1 Å². The number of carbonyl (C=O) groups is 1. The number of pyridine rings is 1. The highest BCUT2D eigenvalue weighted by Crippen LogP contribution is 2.32. The van der Waals surface area contributed by atoms with E-state index in [0.717, 1.165) is 6.20 Å². The van der Waals surface area contributed by atoms with Gasteiger partial charge in [-0.2, -0.15) is 0 Å². The molecule has 17 heavy (non-hydrogen) atoms. The first-order chi connectivity index (χ1) is 8.02. The highest BCUT2D eigenvalue weighted by molar-refractivity contribution is 6.17. The van der Waals surface area contributed by atoms with Crippen LogP contribution in [0.5, 0.6) is 5.75 Å². The highest BCUT2D eigenvalue weighted by atomic mass is 35.5. The average Bonchev–Trinajstić information content (AvgIpc) is 2.28. The molecule has 0 aromatic carbocycles. The normalized spacial score (nSPS) is 10.6. The first-order valence-corrected chi connectivity index (χ1v) is 5.28. The highest BCUT2D eigenvalue weighted by Gasteiger charge is 2.26. The summed E-state index contributed by atoms with van der Waals surface area (Å²) in [6.07, 6.45) is -2.07. The van der Waals surface area contributed by atoms with E-state index in [0.29, 0.717) is 0 Å². The molecule has 94 valence electrons. The molecule has 0 saturated carbocycles. The molecule has 7 heteroatoms. The lowest BCUT2D eigenvalue weighted by molar-refractivity contribution is 0.0507. The summed E-state index contributed by atoms with van der Waals surface area (Å²) in [5, 5.41) is 9.34. The summed E-state index contributed by atoms with van der Waals surface area (Å²) in [5.41, 5.74) is -1.41. The molecule has 0 fully saturated rings. The molecular formula is C10H10ClF2NO3. The van der Waals surface area contributed by atoms with Crippen molar-refractivity contribution in [2.45, 2.75) is 19.2 Å². The van der Waals surface area contributed by atoms with Crippen molar-refractivity contribution in [1.82, 2.24) is 4.98 Å². The Balaban J connectivity index is 3.35. The number of ether oxygens (including phenoxy) is 1. The molecule has 1 rings (SSSR count). The Labute approximate surface area is 101 Å². The molecule has 0 spiro atoms. The monoisotopic (exact) mass is 265 g/mol. The van der Waals surface area contributed by atoms with E-state index in [2.05, 4.69) is 9.72 Å². The van der Waals surface area contributed by atoms with Gasteiger partial charge < -0.3 is 9.84 Å². The lowest BCUT2D eigenvalue weighted by Crippen LogP contribution is -2.13. The van der Waals surface area contributed by atoms with Gasteiger partial charge in [-0.25, -0.2) is 18.6 Å². The van der Waals surface area contributed by atoms with Crippen LogP contribution in [0.1, 0.15) is 35.0 Å². The molecule has 0 saturated heterocycles. The van der Waals surface area contributed by atoms with E-state index in [1.807, 2.05) is 0 Å². The van der Waals surface area contributed by atoms with Gasteiger partial charge in [0.05, 0.1) is 24.2 Å². The fourth-order valence-electron chi connectivity index (χ4n) is 1.29. The summed E-state index contributed by atoms with van der Waals surface area (Å²) in [5.74, 6) is -1.78. The number of aromatic nitrogens is 1. The minimum absolute atomic E-state index is 0.0419. The second-order valence-corrected chi connectivity index (χ2v) is 3.31. The lowest BCUT2D eigenvalue weighted by atomic mass is 10.1. The first kappa shape index (κ1) is 13.6. The average molecular weight is 266 g/mol. The predicted molar refractivity (Wildman–Crippen MR) is 56.4 cm³/mol. The van der Waals surface area contributed by atoms with Crippen LogP contribution in [0.15, 0.2) is 6.20 Å². The summed E-state index contributed by atoms with van der Waals surface area (Å²) in [6.45, 7) is 1.59. The van der Waals surface area contributed by atoms with Gasteiger partial charge in [-0.3, -0.25) is 0 Å². The van der Waals surface area contributed by atoms with Gasteiger partial charge in [0.2, 0.25) is 0 Å². The molecule has 0 amide bonds. The molecule has 0 aliphatic heterocycles. The van der Waals surface area contributed by atoms with Gasteiger partial charge in [0, 0.05) is 5.56 Å². The van der Waals surface area contributed by atoms with E-state index in [4.69, 9.17) is 11.6 Å². The predicted octanol–water partition coefficient (Wildman–Crippen LogP) is 2.64. The number of esters is 1. The second kappa shape index (κ2) is 5.77. The SMILES string of the molecule is CCOC(=O)c1ncc(O)c(CCl)c1C(F)F. The fraction of sp³-hybridized carbons (Fsp3) is 0.400. The van der Waals surface area contributed by atoms with E-state index < -0.39 is 29.4 Å². The summed E-state index contributed by atoms with van der Waals surface area (Å²) < 4.78 is 30.3. The van der Waals surface area contributed by atoms with Crippen molar-refractivity contribution in [2.75, 3.05) is 6.61 Å². The Morgan fingerprint density at radius 2 is 2.29 bits per heavy atom. The van der Waals surface area contributed by atoms with Gasteiger partial charge in [-0.15, -0.1) is 11.6 Å². The minimum atomic E-state index is -2.97. The van der Waals surface area contributed by atoms with Crippen LogP contribution in [0.2, 0.25) is 0 Å². The number of aromatic hydroxyl groups is 1. The molecule has 0 aliphatic carbocycles. The number of nitrogens with zero attached hydrogens (tertiary/aromatic N) is 1. The van der Waals surface area contributed by atoms with Crippen LogP contribution in [0.25, 0.3) is 0 Å². The third-order valence-corrected chi connectivity index (χ3v) is 2.29. The summed E-state index contributed by atoms with van der Waals surface area (Å²) >= 11 is 5.46. The zero-order valence-electron chi connectivity index (χ0n) is 8.91. The van der Waals surface area contributed by atoms with Crippen LogP contribution in [0.3, 0.4) is 0 Å². The van der Waals surface area contributed by atoms with E-state index >= 15 is 0 Å². The molecule has 1 heterocycles. The van der Waals surface area contributed by atoms with Crippen LogP contribution < -0.4 is 0 Å². The van der Waals surface area contributed by atoms with E-state index in [1.54, 1.807) is 6.92 Å². The maximum atomic E-state index is 12.8. The van der Waals surface area contributed by atoms with Crippen molar-refractivity contribution in [3.63, 3.8) is 0 Å². The third-order valence-electron chi connectivity index (χ3n) is 2.03. The van der Waals surface area contributed by atoms with Gasteiger partial charge in [0.15, 0.2) is 5.69 Å². The van der Waals surface area contributed by atoms with E-state index in [1.165, 1.54) is 0 Å². The minimum Gasteiger partial charge on any atom is -0.506 e. The van der Waals surface area contributed by atoms with Crippen LogP contribution in [0.4, 0.5) is 8.78 Å². The third kappa shape index (κ3) is 2.82. The Morgan fingerprint density at radius 3 is 2.76 bits per heavy atom. The Bertz CT molecular complexity index is 426. The molecule has 0 unspecified atom stereocenters. The van der Waals surface area contributed by atoms with Crippen molar-refractivity contribution in [3.05, 3.63) is 23.0 Å². The Morgan fingerprint density at radius 1 is 1.65 bits per heavy atom. The van der Waals surface area contributed by atoms with Gasteiger partial charge in [0.1, 0.15) is 5.75 Å². The van der Waals surface area contributed by atoms with Crippen molar-refractivity contribution < 1.29 is 23.4 Å². The van der Waals surface area contributed by atoms with E-state index in [9.17, 15) is 18.7 Å². The molecular weight excluding hydrogens is 256 g/mol. The summed E-state index contributed by atoms with van der Waals surface area (Å²) in [6, 6.07) is 0. The first-order valence-electron chi connectivity index (χ1n) is 4.74. The molecule has 1 aromatic heterocycles. The van der Waals surface area contributed by atoms with Crippen LogP contribution in [-0.2, 0) is 10.6 Å². The van der Waals surface area contributed by atoms with Crippen molar-refractivity contribution in [2.24, 2.45) is 0 Å². The topological polar surface area (TPSA) is 59.4 Å². The molecule has 0 atom stereocenters. The molecule has 1 aromatic rings. The molecule has 1 N–H and O–H groups in total. The molecule has 0 aliphatic rings. The number of rotatable bonds is 4. The number of hydrogen-bond donors (Lipinski definition) is 1. The fourth-order valence-corrected chi connectivity index (χ4v) is 1.57. The Kier molecular flexibility index (Phi) is 4.62. The lowest BCUT2D eigenvalue weighted by Gasteiger charge is -2.12. The maximum absolute atomic E-state index is 12.8. The van der Waals surface area contributed by atoms with Gasteiger partial charge in [0.25, 0.3) is 6.43 Å². The smallest absolute Gasteiger partial charge is 0.357 e. The second-order valence-electron chi connectivity index (χ2n) is 3.04. The zero-order valence-corrected chi connectivity index (χ0v) is 9.67. The quantitative estimate of drug-likeness (QED) is 0.672. The maximum Gasteiger partial charge on any atom is 0.357 e. The number of carbonyl (C=O) groups excluding carboxylic acids is 1. The summed E-state index contributed by atoms with van der Waals surface area (Å²) in [4.78, 5) is 14.9. The number of alkyl halides is 3. The van der Waals surface area contributed by atoms with Crippen LogP contribution in [-0.4, -0.2) is 22.7 Å². The molecule has 4 nitrogen and oxygen atoms in total. The Hall–Kier alpha value is -1.43.